The molecule has 0 bridgehead atoms. The van der Waals surface area contributed by atoms with Crippen molar-refractivity contribution >= 4 is 16.9 Å². The molecule has 0 unspecified atom stereocenters. The first kappa shape index (κ1) is 25.3. The number of ketones is 1. The van der Waals surface area contributed by atoms with E-state index in [4.69, 9.17) is 0 Å². The molecule has 0 aliphatic heterocycles. The largest absolute Gasteiger partial charge is 0.383 e. The summed E-state index contributed by atoms with van der Waals surface area (Å²) in [4.78, 5) is 26.2. The molecule has 0 amide bonds. The van der Waals surface area contributed by atoms with Crippen LogP contribution in [-0.4, -0.2) is 53.7 Å². The normalized spacial score (nSPS) is 13.1. The van der Waals surface area contributed by atoms with Gasteiger partial charge in [0.1, 0.15) is 5.78 Å². The summed E-state index contributed by atoms with van der Waals surface area (Å²) >= 11 is 0. The number of allylic oxidation sites excluding steroid dienone is 2. The third-order valence-corrected chi connectivity index (χ3v) is 5.42. The quantitative estimate of drug-likeness (QED) is 0.502. The Hall–Kier alpha value is -2.95. The van der Waals surface area contributed by atoms with Crippen LogP contribution in [0.1, 0.15) is 51.7 Å². The van der Waals surface area contributed by atoms with Gasteiger partial charge in [0.05, 0.1) is 0 Å². The average Bonchev–Trinajstić information content (AvgIpc) is 2.72. The van der Waals surface area contributed by atoms with Gasteiger partial charge in [-0.05, 0) is 59.4 Å². The van der Waals surface area contributed by atoms with Gasteiger partial charge in [-0.15, -0.1) is 0 Å². The van der Waals surface area contributed by atoms with Crippen LogP contribution in [0.15, 0.2) is 61.5 Å². The number of carbonyl (C=O) groups is 1. The minimum atomic E-state index is -0.532. The van der Waals surface area contributed by atoms with Gasteiger partial charge in [-0.25, -0.2) is 0 Å². The smallest absolute Gasteiger partial charge is 0.144 e. The van der Waals surface area contributed by atoms with Crippen molar-refractivity contribution in [3.63, 3.8) is 0 Å². The molecule has 2 heterocycles. The molecule has 2 aromatic rings. The zero-order valence-electron chi connectivity index (χ0n) is 20.9. The van der Waals surface area contributed by atoms with E-state index >= 15 is 0 Å². The van der Waals surface area contributed by atoms with Crippen LogP contribution in [0.4, 0.5) is 0 Å². The van der Waals surface area contributed by atoms with E-state index in [2.05, 4.69) is 50.1 Å². The maximum Gasteiger partial charge on any atom is 0.144 e. The number of hydrogen-bond acceptors (Lipinski definition) is 5. The Morgan fingerprint density at radius 2 is 1.03 bits per heavy atom. The van der Waals surface area contributed by atoms with Gasteiger partial charge in [0, 0.05) is 76.2 Å². The van der Waals surface area contributed by atoms with Crippen molar-refractivity contribution in [3.05, 3.63) is 72.6 Å². The van der Waals surface area contributed by atoms with Crippen molar-refractivity contribution in [3.8, 4) is 0 Å². The second-order valence-corrected chi connectivity index (χ2v) is 10.2. The standard InChI is InChI=1S/C27H38N4O/c1-26(2,17-23(19-30(5)6)21-9-13-28-14-10-21)25(32)27(3,4)18-24(20-31(7)8)22-11-15-29-16-12-22/h9-16,19-20H,17-18H2,1-8H3. The maximum atomic E-state index is 13.9. The molecule has 0 N–H and O–H groups in total. The summed E-state index contributed by atoms with van der Waals surface area (Å²) < 4.78 is 0. The lowest BCUT2D eigenvalue weighted by Crippen LogP contribution is -2.37. The highest BCUT2D eigenvalue weighted by Crippen LogP contribution is 2.41. The summed E-state index contributed by atoms with van der Waals surface area (Å²) in [5.41, 5.74) is 3.39. The van der Waals surface area contributed by atoms with Crippen LogP contribution in [-0.2, 0) is 4.79 Å². The Balaban J connectivity index is 2.33. The first-order valence-electron chi connectivity index (χ1n) is 11.0. The Bertz CT molecular complexity index is 865. The maximum absolute atomic E-state index is 13.9. The van der Waals surface area contributed by atoms with E-state index in [1.54, 1.807) is 24.8 Å². The molecule has 172 valence electrons. The fourth-order valence-corrected chi connectivity index (χ4v) is 4.23. The lowest BCUT2D eigenvalue weighted by Gasteiger charge is -2.35. The Labute approximate surface area is 193 Å². The van der Waals surface area contributed by atoms with Gasteiger partial charge in [0.25, 0.3) is 0 Å². The monoisotopic (exact) mass is 434 g/mol. The molecular formula is C27H38N4O. The highest BCUT2D eigenvalue weighted by molar-refractivity contribution is 5.92. The van der Waals surface area contributed by atoms with Crippen LogP contribution in [0, 0.1) is 10.8 Å². The third-order valence-electron chi connectivity index (χ3n) is 5.42. The molecular weight excluding hydrogens is 396 g/mol. The zero-order valence-corrected chi connectivity index (χ0v) is 20.9. The summed E-state index contributed by atoms with van der Waals surface area (Å²) in [6.45, 7) is 8.24. The summed E-state index contributed by atoms with van der Waals surface area (Å²) in [5.74, 6) is 0.252. The SMILES string of the molecule is CN(C)C=C(CC(C)(C)C(=O)C(C)(C)CC(=CN(C)C)c1ccncc1)c1ccncc1. The highest BCUT2D eigenvalue weighted by atomic mass is 16.1. The Morgan fingerprint density at radius 1 is 0.719 bits per heavy atom. The van der Waals surface area contributed by atoms with E-state index in [1.807, 2.05) is 62.3 Å². The van der Waals surface area contributed by atoms with Crippen LogP contribution >= 0.6 is 0 Å². The molecule has 0 saturated carbocycles. The van der Waals surface area contributed by atoms with Crippen molar-refractivity contribution < 1.29 is 4.79 Å². The molecule has 0 saturated heterocycles. The van der Waals surface area contributed by atoms with Crippen LogP contribution in [0.5, 0.6) is 0 Å². The molecule has 2 aromatic heterocycles. The summed E-state index contributed by atoms with van der Waals surface area (Å²) in [6.07, 6.45) is 12.7. The van der Waals surface area contributed by atoms with Crippen LogP contribution in [0.2, 0.25) is 0 Å². The Kier molecular flexibility index (Phi) is 8.37. The molecule has 0 aromatic carbocycles. The summed E-state index contributed by atoms with van der Waals surface area (Å²) in [6, 6.07) is 8.01. The van der Waals surface area contributed by atoms with Crippen LogP contribution in [0.25, 0.3) is 11.1 Å². The first-order chi connectivity index (χ1) is 14.9. The first-order valence-corrected chi connectivity index (χ1v) is 11.0. The fraction of sp³-hybridized carbons (Fsp3) is 0.444. The van der Waals surface area contributed by atoms with Gasteiger partial charge in [0.15, 0.2) is 0 Å². The van der Waals surface area contributed by atoms with Crippen LogP contribution < -0.4 is 0 Å². The fourth-order valence-electron chi connectivity index (χ4n) is 4.23. The summed E-state index contributed by atoms with van der Waals surface area (Å²) in [7, 11) is 8.03. The van der Waals surface area contributed by atoms with Crippen molar-refractivity contribution in [1.29, 1.82) is 0 Å². The van der Waals surface area contributed by atoms with Gasteiger partial charge in [0.2, 0.25) is 0 Å². The molecule has 5 heteroatoms. The van der Waals surface area contributed by atoms with Gasteiger partial charge >= 0.3 is 0 Å². The predicted molar refractivity (Wildman–Crippen MR) is 134 cm³/mol. The minimum Gasteiger partial charge on any atom is -0.383 e. The predicted octanol–water partition coefficient (Wildman–Crippen LogP) is 5.38. The van der Waals surface area contributed by atoms with Gasteiger partial charge in [-0.3, -0.25) is 14.8 Å². The molecule has 0 radical (unpaired) electrons. The second-order valence-electron chi connectivity index (χ2n) is 10.2. The summed E-state index contributed by atoms with van der Waals surface area (Å²) in [5, 5.41) is 0. The molecule has 5 nitrogen and oxygen atoms in total. The molecule has 0 spiro atoms. The number of pyridine rings is 2. The van der Waals surface area contributed by atoms with Crippen molar-refractivity contribution in [1.82, 2.24) is 19.8 Å². The third kappa shape index (κ3) is 7.04. The molecule has 0 aliphatic rings. The number of aromatic nitrogens is 2. The van der Waals surface area contributed by atoms with E-state index < -0.39 is 10.8 Å². The molecule has 0 aliphatic carbocycles. The molecule has 0 fully saturated rings. The van der Waals surface area contributed by atoms with E-state index in [0.29, 0.717) is 12.8 Å². The molecule has 0 atom stereocenters. The topological polar surface area (TPSA) is 49.3 Å². The molecule has 32 heavy (non-hydrogen) atoms. The number of rotatable bonds is 10. The van der Waals surface area contributed by atoms with Crippen molar-refractivity contribution in [2.75, 3.05) is 28.2 Å². The second kappa shape index (κ2) is 10.6. The van der Waals surface area contributed by atoms with E-state index in [-0.39, 0.29) is 5.78 Å². The van der Waals surface area contributed by atoms with E-state index in [0.717, 1.165) is 22.3 Å². The number of nitrogens with zero attached hydrogens (tertiary/aromatic N) is 4. The van der Waals surface area contributed by atoms with E-state index in [1.165, 1.54) is 0 Å². The highest BCUT2D eigenvalue weighted by Gasteiger charge is 2.40. The minimum absolute atomic E-state index is 0.252. The number of carbonyl (C=O) groups excluding carboxylic acids is 1. The van der Waals surface area contributed by atoms with Crippen molar-refractivity contribution in [2.24, 2.45) is 10.8 Å². The van der Waals surface area contributed by atoms with E-state index in [9.17, 15) is 4.79 Å². The number of hydrogen-bond donors (Lipinski definition) is 0. The van der Waals surface area contributed by atoms with Gasteiger partial charge in [-0.2, -0.15) is 0 Å². The average molecular weight is 435 g/mol. The lowest BCUT2D eigenvalue weighted by atomic mass is 9.67. The van der Waals surface area contributed by atoms with Gasteiger partial charge in [-0.1, -0.05) is 27.7 Å². The Morgan fingerprint density at radius 3 is 1.31 bits per heavy atom. The lowest BCUT2D eigenvalue weighted by molar-refractivity contribution is -0.135. The van der Waals surface area contributed by atoms with Crippen molar-refractivity contribution in [2.45, 2.75) is 40.5 Å². The van der Waals surface area contributed by atoms with Crippen LogP contribution in [0.3, 0.4) is 0 Å². The zero-order chi connectivity index (χ0) is 23.9. The van der Waals surface area contributed by atoms with Gasteiger partial charge < -0.3 is 9.80 Å². The number of Topliss-reactive ketones (excluding diaryl/α,β-unsaturated/α-hetero) is 1. The molecule has 2 rings (SSSR count).